The van der Waals surface area contributed by atoms with Crippen molar-refractivity contribution >= 4 is 11.7 Å². The first-order chi connectivity index (χ1) is 8.16. The maximum absolute atomic E-state index is 11.8. The Morgan fingerprint density at radius 2 is 2.41 bits per heavy atom. The van der Waals surface area contributed by atoms with E-state index in [1.54, 1.807) is 18.2 Å². The predicted molar refractivity (Wildman–Crippen MR) is 61.1 cm³/mol. The maximum atomic E-state index is 11.8. The Morgan fingerprint density at radius 1 is 1.59 bits per heavy atom. The van der Waals surface area contributed by atoms with E-state index in [1.807, 2.05) is 6.92 Å². The molecule has 0 aliphatic carbocycles. The summed E-state index contributed by atoms with van der Waals surface area (Å²) in [6, 6.07) is 5.03. The fraction of sp³-hybridized carbons (Fsp3) is 0.182. The summed E-state index contributed by atoms with van der Waals surface area (Å²) in [6.07, 6.45) is 1.53. The molecule has 88 valence electrons. The summed E-state index contributed by atoms with van der Waals surface area (Å²) in [7, 11) is 0. The summed E-state index contributed by atoms with van der Waals surface area (Å²) in [5.74, 6) is 0.515. The Morgan fingerprint density at radius 3 is 3.06 bits per heavy atom. The van der Waals surface area contributed by atoms with Gasteiger partial charge in [-0.3, -0.25) is 4.79 Å². The number of nitrogen functional groups attached to an aromatic ring is 1. The normalized spacial score (nSPS) is 10.2. The molecule has 1 amide bonds. The van der Waals surface area contributed by atoms with Crippen LogP contribution in [-0.2, 0) is 6.54 Å². The van der Waals surface area contributed by atoms with Crippen LogP contribution in [0.4, 0.5) is 5.82 Å². The average Bonchev–Trinajstić information content (AvgIpc) is 2.73. The van der Waals surface area contributed by atoms with Crippen molar-refractivity contribution in [2.45, 2.75) is 13.5 Å². The molecule has 0 unspecified atom stereocenters. The van der Waals surface area contributed by atoms with Crippen LogP contribution in [0, 0.1) is 6.92 Å². The maximum Gasteiger partial charge on any atom is 0.255 e. The SMILES string of the molecule is Cc1cc(CNC(=O)c2cccnc2N)on1. The number of pyridine rings is 1. The molecule has 2 rings (SSSR count). The molecule has 0 bridgehead atoms. The Bertz CT molecular complexity index is 536. The molecule has 2 aromatic heterocycles. The van der Waals surface area contributed by atoms with Crippen LogP contribution < -0.4 is 11.1 Å². The monoisotopic (exact) mass is 232 g/mol. The van der Waals surface area contributed by atoms with Gasteiger partial charge in [0.1, 0.15) is 5.82 Å². The van der Waals surface area contributed by atoms with Crippen molar-refractivity contribution in [3.8, 4) is 0 Å². The van der Waals surface area contributed by atoms with Gasteiger partial charge in [0.25, 0.3) is 5.91 Å². The van der Waals surface area contributed by atoms with Crippen LogP contribution in [0.2, 0.25) is 0 Å². The van der Waals surface area contributed by atoms with E-state index >= 15 is 0 Å². The van der Waals surface area contributed by atoms with Gasteiger partial charge in [-0.25, -0.2) is 4.98 Å². The molecule has 17 heavy (non-hydrogen) atoms. The highest BCUT2D eigenvalue weighted by atomic mass is 16.5. The lowest BCUT2D eigenvalue weighted by Gasteiger charge is -2.04. The van der Waals surface area contributed by atoms with Gasteiger partial charge in [0.15, 0.2) is 5.76 Å². The zero-order valence-corrected chi connectivity index (χ0v) is 9.30. The summed E-state index contributed by atoms with van der Waals surface area (Å²) in [5, 5.41) is 6.40. The second kappa shape index (κ2) is 4.65. The van der Waals surface area contributed by atoms with Crippen molar-refractivity contribution in [3.05, 3.63) is 41.4 Å². The summed E-state index contributed by atoms with van der Waals surface area (Å²) < 4.78 is 4.97. The molecule has 6 nitrogen and oxygen atoms in total. The number of hydrogen-bond donors (Lipinski definition) is 2. The van der Waals surface area contributed by atoms with Crippen LogP contribution >= 0.6 is 0 Å². The van der Waals surface area contributed by atoms with Gasteiger partial charge in [0.05, 0.1) is 17.8 Å². The lowest BCUT2D eigenvalue weighted by atomic mass is 10.2. The molecule has 2 aromatic rings. The highest BCUT2D eigenvalue weighted by molar-refractivity contribution is 5.98. The molecule has 2 heterocycles. The van der Waals surface area contributed by atoms with Crippen LogP contribution in [0.15, 0.2) is 28.9 Å². The molecule has 0 aliphatic rings. The Balaban J connectivity index is 2.01. The predicted octanol–water partition coefficient (Wildman–Crippen LogP) is 0.890. The van der Waals surface area contributed by atoms with Crippen molar-refractivity contribution < 1.29 is 9.32 Å². The standard InChI is InChI=1S/C11H12N4O2/c1-7-5-8(17-15-7)6-14-11(16)9-3-2-4-13-10(9)12/h2-5H,6H2,1H3,(H2,12,13)(H,14,16). The Labute approximate surface area is 97.8 Å². The van der Waals surface area contributed by atoms with Crippen LogP contribution in [0.5, 0.6) is 0 Å². The van der Waals surface area contributed by atoms with Crippen molar-refractivity contribution in [2.24, 2.45) is 0 Å². The lowest BCUT2D eigenvalue weighted by Crippen LogP contribution is -2.23. The Hall–Kier alpha value is -2.37. The van der Waals surface area contributed by atoms with Gasteiger partial charge in [-0.15, -0.1) is 0 Å². The number of carbonyl (C=O) groups excluding carboxylic acids is 1. The average molecular weight is 232 g/mol. The Kier molecular flexibility index (Phi) is 3.04. The van der Waals surface area contributed by atoms with Crippen LogP contribution in [0.3, 0.4) is 0 Å². The third kappa shape index (κ3) is 2.60. The third-order valence-corrected chi connectivity index (χ3v) is 2.18. The summed E-state index contributed by atoms with van der Waals surface area (Å²) in [5.41, 5.74) is 6.71. The fourth-order valence-electron chi connectivity index (χ4n) is 1.37. The van der Waals surface area contributed by atoms with Crippen molar-refractivity contribution in [2.75, 3.05) is 5.73 Å². The van der Waals surface area contributed by atoms with Gasteiger partial charge in [-0.2, -0.15) is 0 Å². The molecule has 0 radical (unpaired) electrons. The molecule has 0 aliphatic heterocycles. The fourth-order valence-corrected chi connectivity index (χ4v) is 1.37. The molecule has 6 heteroatoms. The van der Waals surface area contributed by atoms with Crippen molar-refractivity contribution in [1.29, 1.82) is 0 Å². The number of amides is 1. The molecule has 0 saturated heterocycles. The van der Waals surface area contributed by atoms with E-state index in [-0.39, 0.29) is 18.3 Å². The minimum Gasteiger partial charge on any atom is -0.383 e. The topological polar surface area (TPSA) is 94.0 Å². The highest BCUT2D eigenvalue weighted by Gasteiger charge is 2.10. The van der Waals surface area contributed by atoms with E-state index < -0.39 is 0 Å². The number of rotatable bonds is 3. The molecule has 0 fully saturated rings. The largest absolute Gasteiger partial charge is 0.383 e. The van der Waals surface area contributed by atoms with Gasteiger partial charge >= 0.3 is 0 Å². The number of anilines is 1. The number of hydrogen-bond acceptors (Lipinski definition) is 5. The first-order valence-electron chi connectivity index (χ1n) is 5.07. The minimum atomic E-state index is -0.287. The van der Waals surface area contributed by atoms with Gasteiger partial charge in [0, 0.05) is 12.3 Å². The van der Waals surface area contributed by atoms with Gasteiger partial charge in [-0.1, -0.05) is 5.16 Å². The summed E-state index contributed by atoms with van der Waals surface area (Å²) in [6.45, 7) is 2.09. The lowest BCUT2D eigenvalue weighted by molar-refractivity contribution is 0.0947. The van der Waals surface area contributed by atoms with E-state index in [1.165, 1.54) is 6.20 Å². The van der Waals surface area contributed by atoms with Crippen molar-refractivity contribution in [1.82, 2.24) is 15.5 Å². The zero-order chi connectivity index (χ0) is 12.3. The van der Waals surface area contributed by atoms with Crippen LogP contribution in [0.25, 0.3) is 0 Å². The van der Waals surface area contributed by atoms with E-state index in [0.717, 1.165) is 5.69 Å². The molecule has 0 saturated carbocycles. The number of nitrogens with one attached hydrogen (secondary N) is 1. The third-order valence-electron chi connectivity index (χ3n) is 2.18. The second-order valence-electron chi connectivity index (χ2n) is 3.55. The smallest absolute Gasteiger partial charge is 0.255 e. The summed E-state index contributed by atoms with van der Waals surface area (Å²) >= 11 is 0. The summed E-state index contributed by atoms with van der Waals surface area (Å²) in [4.78, 5) is 15.6. The molecular weight excluding hydrogens is 220 g/mol. The first-order valence-corrected chi connectivity index (χ1v) is 5.07. The minimum absolute atomic E-state index is 0.207. The first kappa shape index (κ1) is 11.1. The van der Waals surface area contributed by atoms with Gasteiger partial charge in [-0.05, 0) is 19.1 Å². The van der Waals surface area contributed by atoms with Crippen LogP contribution in [0.1, 0.15) is 21.8 Å². The number of aromatic nitrogens is 2. The van der Waals surface area contributed by atoms with E-state index in [4.69, 9.17) is 10.3 Å². The molecule has 3 N–H and O–H groups in total. The molecule has 0 atom stereocenters. The van der Waals surface area contributed by atoms with Crippen molar-refractivity contribution in [3.63, 3.8) is 0 Å². The quantitative estimate of drug-likeness (QED) is 0.819. The number of nitrogens with zero attached hydrogens (tertiary/aromatic N) is 2. The van der Waals surface area contributed by atoms with E-state index in [0.29, 0.717) is 11.3 Å². The van der Waals surface area contributed by atoms with E-state index in [9.17, 15) is 4.79 Å². The zero-order valence-electron chi connectivity index (χ0n) is 9.30. The van der Waals surface area contributed by atoms with Crippen LogP contribution in [-0.4, -0.2) is 16.0 Å². The molecular formula is C11H12N4O2. The van der Waals surface area contributed by atoms with Gasteiger partial charge < -0.3 is 15.6 Å². The molecule has 0 spiro atoms. The number of aryl methyl sites for hydroxylation is 1. The molecule has 0 aromatic carbocycles. The number of nitrogens with two attached hydrogens (primary N) is 1. The highest BCUT2D eigenvalue weighted by Crippen LogP contribution is 2.07. The number of carbonyl (C=O) groups is 1. The van der Waals surface area contributed by atoms with E-state index in [2.05, 4.69) is 15.5 Å². The van der Waals surface area contributed by atoms with Gasteiger partial charge in [0.2, 0.25) is 0 Å². The second-order valence-corrected chi connectivity index (χ2v) is 3.55.